The molecule has 0 N–H and O–H groups in total. The Labute approximate surface area is 91.2 Å². The van der Waals surface area contributed by atoms with E-state index in [0.717, 1.165) is 0 Å². The molecule has 0 heterocycles. The average molecular weight is 225 g/mol. The van der Waals surface area contributed by atoms with Gasteiger partial charge in [0.15, 0.2) is 0 Å². The summed E-state index contributed by atoms with van der Waals surface area (Å²) >= 11 is 0. The van der Waals surface area contributed by atoms with E-state index in [2.05, 4.69) is 0 Å². The summed E-state index contributed by atoms with van der Waals surface area (Å²) in [5, 5.41) is 8.56. The second kappa shape index (κ2) is 5.04. The lowest BCUT2D eigenvalue weighted by atomic mass is 10.1. The Morgan fingerprint density at radius 1 is 1.53 bits per heavy atom. The minimum atomic E-state index is -1.06. The van der Waals surface area contributed by atoms with Crippen LogP contribution in [0.2, 0.25) is 0 Å². The molecule has 0 radical (unpaired) electrons. The van der Waals surface area contributed by atoms with E-state index in [1.54, 1.807) is 0 Å². The molecule has 1 aromatic rings. The number of hydrogen-bond acceptors (Lipinski definition) is 2. The normalized spacial score (nSPS) is 12.5. The molecule has 0 bridgehead atoms. The van der Waals surface area contributed by atoms with Gasteiger partial charge in [-0.25, -0.2) is 4.39 Å². The highest BCUT2D eigenvalue weighted by molar-refractivity contribution is 7.84. The lowest BCUT2D eigenvalue weighted by Gasteiger charge is -2.06. The van der Waals surface area contributed by atoms with E-state index in [-0.39, 0.29) is 16.6 Å². The molecule has 1 aromatic carbocycles. The van der Waals surface area contributed by atoms with E-state index in [1.807, 2.05) is 19.9 Å². The second-order valence-corrected chi connectivity index (χ2v) is 5.48. The van der Waals surface area contributed by atoms with Crippen molar-refractivity contribution >= 4 is 10.8 Å². The van der Waals surface area contributed by atoms with E-state index in [0.29, 0.717) is 5.56 Å². The van der Waals surface area contributed by atoms with Crippen LogP contribution in [0.25, 0.3) is 0 Å². The first-order chi connectivity index (χ1) is 7.04. The highest BCUT2D eigenvalue weighted by Crippen LogP contribution is 2.13. The Balaban J connectivity index is 2.89. The van der Waals surface area contributed by atoms with Gasteiger partial charge in [0.05, 0.1) is 17.4 Å². The van der Waals surface area contributed by atoms with Crippen LogP contribution < -0.4 is 0 Å². The van der Waals surface area contributed by atoms with Gasteiger partial charge in [0.25, 0.3) is 0 Å². The zero-order valence-corrected chi connectivity index (χ0v) is 9.47. The van der Waals surface area contributed by atoms with E-state index in [4.69, 9.17) is 5.26 Å². The molecule has 80 valence electrons. The molecule has 0 aliphatic heterocycles. The van der Waals surface area contributed by atoms with Crippen molar-refractivity contribution < 1.29 is 8.60 Å². The Kier molecular flexibility index (Phi) is 3.98. The van der Waals surface area contributed by atoms with Gasteiger partial charge in [-0.05, 0) is 12.1 Å². The largest absolute Gasteiger partial charge is 0.259 e. The van der Waals surface area contributed by atoms with Crippen LogP contribution in [0.15, 0.2) is 18.2 Å². The van der Waals surface area contributed by atoms with Gasteiger partial charge in [0.1, 0.15) is 5.82 Å². The lowest BCUT2D eigenvalue weighted by molar-refractivity contribution is 0.614. The van der Waals surface area contributed by atoms with Crippen LogP contribution >= 0.6 is 0 Å². The predicted molar refractivity (Wildman–Crippen MR) is 58.1 cm³/mol. The van der Waals surface area contributed by atoms with Crippen LogP contribution in [0.3, 0.4) is 0 Å². The summed E-state index contributed by atoms with van der Waals surface area (Å²) in [5.74, 6) is -0.252. The van der Waals surface area contributed by atoms with Crippen molar-refractivity contribution in [1.29, 1.82) is 5.26 Å². The molecule has 0 amide bonds. The zero-order chi connectivity index (χ0) is 11.4. The molecule has 0 fully saturated rings. The molecular weight excluding hydrogens is 213 g/mol. The quantitative estimate of drug-likeness (QED) is 0.792. The molecule has 0 saturated carbocycles. The highest BCUT2D eigenvalue weighted by Gasteiger charge is 2.10. The highest BCUT2D eigenvalue weighted by atomic mass is 32.2. The Bertz CT molecular complexity index is 423. The Morgan fingerprint density at radius 2 is 2.20 bits per heavy atom. The molecule has 1 unspecified atom stereocenters. The van der Waals surface area contributed by atoms with E-state index in [1.165, 1.54) is 18.2 Å². The average Bonchev–Trinajstić information content (AvgIpc) is 2.20. The number of halogens is 1. The van der Waals surface area contributed by atoms with E-state index < -0.39 is 16.6 Å². The fourth-order valence-corrected chi connectivity index (χ4v) is 1.93. The molecule has 2 nitrogen and oxygen atoms in total. The second-order valence-electron chi connectivity index (χ2n) is 3.49. The predicted octanol–water partition coefficient (Wildman–Crippen LogP) is 2.35. The fourth-order valence-electron chi connectivity index (χ4n) is 1.05. The first-order valence-electron chi connectivity index (χ1n) is 4.60. The van der Waals surface area contributed by atoms with Crippen molar-refractivity contribution in [2.45, 2.75) is 24.9 Å². The summed E-state index contributed by atoms with van der Waals surface area (Å²) in [5.41, 5.74) is 0.688. The molecule has 15 heavy (non-hydrogen) atoms. The third kappa shape index (κ3) is 3.14. The molecule has 4 heteroatoms. The van der Waals surface area contributed by atoms with Gasteiger partial charge in [-0.15, -0.1) is 0 Å². The Hall–Kier alpha value is -1.21. The topological polar surface area (TPSA) is 40.9 Å². The van der Waals surface area contributed by atoms with Gasteiger partial charge >= 0.3 is 0 Å². The summed E-state index contributed by atoms with van der Waals surface area (Å²) in [6.07, 6.45) is 0. The van der Waals surface area contributed by atoms with E-state index >= 15 is 0 Å². The van der Waals surface area contributed by atoms with Crippen molar-refractivity contribution in [2.75, 3.05) is 0 Å². The van der Waals surface area contributed by atoms with Gasteiger partial charge < -0.3 is 0 Å². The third-order valence-corrected chi connectivity index (χ3v) is 3.65. The SMILES string of the molecule is CC(C)S(=O)Cc1ccc(C#N)cc1F. The maximum Gasteiger partial charge on any atom is 0.128 e. The summed E-state index contributed by atoms with van der Waals surface area (Å²) in [4.78, 5) is 0. The Morgan fingerprint density at radius 3 is 2.67 bits per heavy atom. The lowest BCUT2D eigenvalue weighted by Crippen LogP contribution is -2.09. The van der Waals surface area contributed by atoms with Crippen molar-refractivity contribution in [3.63, 3.8) is 0 Å². The van der Waals surface area contributed by atoms with Gasteiger partial charge in [-0.1, -0.05) is 19.9 Å². The van der Waals surface area contributed by atoms with Crippen LogP contribution in [0.4, 0.5) is 4.39 Å². The first-order valence-corrected chi connectivity index (χ1v) is 5.98. The van der Waals surface area contributed by atoms with Gasteiger partial charge in [-0.2, -0.15) is 5.26 Å². The van der Waals surface area contributed by atoms with Gasteiger partial charge in [0, 0.05) is 21.6 Å². The maximum atomic E-state index is 13.4. The number of nitrogens with zero attached hydrogens (tertiary/aromatic N) is 1. The number of nitriles is 1. The van der Waals surface area contributed by atoms with Crippen LogP contribution in [-0.4, -0.2) is 9.46 Å². The summed E-state index contributed by atoms with van der Waals surface area (Å²) in [6, 6.07) is 6.09. The van der Waals surface area contributed by atoms with Crippen LogP contribution in [0.5, 0.6) is 0 Å². The zero-order valence-electron chi connectivity index (χ0n) is 8.66. The molecule has 0 aromatic heterocycles. The minimum absolute atomic E-state index is 0.0139. The first kappa shape index (κ1) is 11.9. The van der Waals surface area contributed by atoms with Crippen molar-refractivity contribution in [2.24, 2.45) is 0 Å². The molecule has 1 rings (SSSR count). The van der Waals surface area contributed by atoms with Crippen LogP contribution in [0, 0.1) is 17.1 Å². The fraction of sp³-hybridized carbons (Fsp3) is 0.364. The van der Waals surface area contributed by atoms with Crippen molar-refractivity contribution in [1.82, 2.24) is 0 Å². The number of rotatable bonds is 3. The molecule has 0 aliphatic rings. The maximum absolute atomic E-state index is 13.4. The number of benzene rings is 1. The molecule has 1 atom stereocenters. The van der Waals surface area contributed by atoms with Gasteiger partial charge in [-0.3, -0.25) is 4.21 Å². The molecular formula is C11H12FNOS. The summed E-state index contributed by atoms with van der Waals surface area (Å²) < 4.78 is 24.9. The van der Waals surface area contributed by atoms with E-state index in [9.17, 15) is 8.60 Å². The molecule has 0 aliphatic carbocycles. The van der Waals surface area contributed by atoms with Gasteiger partial charge in [0.2, 0.25) is 0 Å². The molecule has 0 spiro atoms. The summed E-state index contributed by atoms with van der Waals surface area (Å²) in [7, 11) is -1.06. The minimum Gasteiger partial charge on any atom is -0.259 e. The molecule has 0 saturated heterocycles. The van der Waals surface area contributed by atoms with Crippen LogP contribution in [0.1, 0.15) is 25.0 Å². The monoisotopic (exact) mass is 225 g/mol. The van der Waals surface area contributed by atoms with Crippen molar-refractivity contribution in [3.05, 3.63) is 35.1 Å². The third-order valence-electron chi connectivity index (χ3n) is 2.01. The summed E-state index contributed by atoms with van der Waals surface area (Å²) in [6.45, 7) is 3.66. The smallest absolute Gasteiger partial charge is 0.128 e. The van der Waals surface area contributed by atoms with Crippen molar-refractivity contribution in [3.8, 4) is 6.07 Å². The number of hydrogen-bond donors (Lipinski definition) is 0. The van der Waals surface area contributed by atoms with Crippen LogP contribution in [-0.2, 0) is 16.6 Å². The standard InChI is InChI=1S/C11H12FNOS/c1-8(2)15(14)7-10-4-3-9(6-13)5-11(10)12/h3-5,8H,7H2,1-2H3.